The second kappa shape index (κ2) is 4.40. The molecule has 0 spiro atoms. The number of ether oxygens (including phenoxy) is 1. The summed E-state index contributed by atoms with van der Waals surface area (Å²) in [6.07, 6.45) is 0.733. The van der Waals surface area contributed by atoms with E-state index in [-0.39, 0.29) is 24.4 Å². The SMILES string of the molecule is CN[C@H]1C[C@@H](C)OC(C(C)C)[C@@H]1O. The number of likely N-dealkylation sites (N-methyl/N-ethyl adjacent to an activating group) is 1. The van der Waals surface area contributed by atoms with E-state index in [0.29, 0.717) is 5.92 Å². The van der Waals surface area contributed by atoms with E-state index in [9.17, 15) is 5.11 Å². The van der Waals surface area contributed by atoms with Crippen molar-refractivity contribution < 1.29 is 9.84 Å². The van der Waals surface area contributed by atoms with Crippen LogP contribution in [0, 0.1) is 5.92 Å². The number of aliphatic hydroxyl groups excluding tert-OH is 1. The van der Waals surface area contributed by atoms with Crippen LogP contribution in [0.1, 0.15) is 27.2 Å². The molecule has 0 aromatic carbocycles. The molecule has 1 unspecified atom stereocenters. The summed E-state index contributed by atoms with van der Waals surface area (Å²) >= 11 is 0. The van der Waals surface area contributed by atoms with Crippen LogP contribution in [0.5, 0.6) is 0 Å². The van der Waals surface area contributed by atoms with Gasteiger partial charge in [0.05, 0.1) is 18.3 Å². The van der Waals surface area contributed by atoms with Crippen molar-refractivity contribution in [1.29, 1.82) is 0 Å². The number of rotatable bonds is 2. The van der Waals surface area contributed by atoms with E-state index in [2.05, 4.69) is 26.1 Å². The molecule has 78 valence electrons. The zero-order chi connectivity index (χ0) is 10.0. The van der Waals surface area contributed by atoms with E-state index in [4.69, 9.17) is 4.74 Å². The van der Waals surface area contributed by atoms with Crippen molar-refractivity contribution >= 4 is 0 Å². The van der Waals surface area contributed by atoms with Gasteiger partial charge in [0.2, 0.25) is 0 Å². The molecule has 0 amide bonds. The first-order chi connectivity index (χ1) is 6.06. The summed E-state index contributed by atoms with van der Waals surface area (Å²) in [5.74, 6) is 0.369. The van der Waals surface area contributed by atoms with Gasteiger partial charge in [0.25, 0.3) is 0 Å². The molecule has 0 bridgehead atoms. The van der Waals surface area contributed by atoms with Crippen molar-refractivity contribution in [3.63, 3.8) is 0 Å². The summed E-state index contributed by atoms with van der Waals surface area (Å²) in [6, 6.07) is 0.177. The van der Waals surface area contributed by atoms with Crippen LogP contribution in [-0.2, 0) is 4.74 Å². The molecule has 1 heterocycles. The quantitative estimate of drug-likeness (QED) is 0.671. The standard InChI is InChI=1S/C10H21NO2/c1-6(2)10-9(12)8(11-4)5-7(3)13-10/h6-12H,5H2,1-4H3/t7-,8+,9-,10?/m1/s1. The first-order valence-electron chi connectivity index (χ1n) is 5.07. The molecule has 4 atom stereocenters. The van der Waals surface area contributed by atoms with Gasteiger partial charge in [0.1, 0.15) is 0 Å². The van der Waals surface area contributed by atoms with Gasteiger partial charge in [0.15, 0.2) is 0 Å². The average Bonchev–Trinajstić information content (AvgIpc) is 2.08. The van der Waals surface area contributed by atoms with Gasteiger partial charge in [-0.25, -0.2) is 0 Å². The number of nitrogens with one attached hydrogen (secondary N) is 1. The highest BCUT2D eigenvalue weighted by Gasteiger charge is 2.36. The molecule has 0 radical (unpaired) electrons. The predicted octanol–water partition coefficient (Wildman–Crippen LogP) is 0.769. The topological polar surface area (TPSA) is 41.5 Å². The summed E-state index contributed by atoms with van der Waals surface area (Å²) in [5.41, 5.74) is 0. The van der Waals surface area contributed by atoms with Crippen LogP contribution in [0.25, 0.3) is 0 Å². The van der Waals surface area contributed by atoms with E-state index in [1.807, 2.05) is 7.05 Å². The van der Waals surface area contributed by atoms with Crippen molar-refractivity contribution in [3.8, 4) is 0 Å². The lowest BCUT2D eigenvalue weighted by Crippen LogP contribution is -2.54. The Morgan fingerprint density at radius 1 is 1.46 bits per heavy atom. The van der Waals surface area contributed by atoms with Crippen molar-refractivity contribution in [1.82, 2.24) is 5.32 Å². The lowest BCUT2D eigenvalue weighted by molar-refractivity contribution is -0.141. The van der Waals surface area contributed by atoms with E-state index in [1.54, 1.807) is 0 Å². The van der Waals surface area contributed by atoms with Gasteiger partial charge in [-0.1, -0.05) is 13.8 Å². The molecule has 13 heavy (non-hydrogen) atoms. The largest absolute Gasteiger partial charge is 0.389 e. The van der Waals surface area contributed by atoms with Gasteiger partial charge in [-0.05, 0) is 26.3 Å². The maximum absolute atomic E-state index is 9.93. The lowest BCUT2D eigenvalue weighted by Gasteiger charge is -2.40. The first kappa shape index (κ1) is 11.0. The molecular weight excluding hydrogens is 166 g/mol. The van der Waals surface area contributed by atoms with Crippen molar-refractivity contribution in [3.05, 3.63) is 0 Å². The van der Waals surface area contributed by atoms with Gasteiger partial charge < -0.3 is 15.2 Å². The second-order valence-electron chi connectivity index (χ2n) is 4.28. The zero-order valence-electron chi connectivity index (χ0n) is 8.95. The summed E-state index contributed by atoms with van der Waals surface area (Å²) in [6.45, 7) is 6.23. The fourth-order valence-corrected chi connectivity index (χ4v) is 1.97. The van der Waals surface area contributed by atoms with Crippen LogP contribution in [0.4, 0.5) is 0 Å². The minimum Gasteiger partial charge on any atom is -0.389 e. The monoisotopic (exact) mass is 187 g/mol. The van der Waals surface area contributed by atoms with Gasteiger partial charge in [-0.3, -0.25) is 0 Å². The van der Waals surface area contributed by atoms with Crippen LogP contribution in [-0.4, -0.2) is 36.5 Å². The number of hydrogen-bond donors (Lipinski definition) is 2. The molecule has 0 saturated carbocycles. The van der Waals surface area contributed by atoms with Crippen LogP contribution in [0.3, 0.4) is 0 Å². The maximum atomic E-state index is 9.93. The Hall–Kier alpha value is -0.120. The summed E-state index contributed by atoms with van der Waals surface area (Å²) in [7, 11) is 1.89. The van der Waals surface area contributed by atoms with Crippen molar-refractivity contribution in [2.75, 3.05) is 7.05 Å². The fourth-order valence-electron chi connectivity index (χ4n) is 1.97. The molecule has 1 aliphatic heterocycles. The molecule has 1 saturated heterocycles. The highest BCUT2D eigenvalue weighted by atomic mass is 16.5. The van der Waals surface area contributed by atoms with E-state index < -0.39 is 0 Å². The summed E-state index contributed by atoms with van der Waals surface area (Å²) < 4.78 is 5.70. The fraction of sp³-hybridized carbons (Fsp3) is 1.00. The summed E-state index contributed by atoms with van der Waals surface area (Å²) in [5, 5.41) is 13.1. The highest BCUT2D eigenvalue weighted by molar-refractivity contribution is 4.89. The van der Waals surface area contributed by atoms with Gasteiger partial charge >= 0.3 is 0 Å². The third-order valence-electron chi connectivity index (χ3n) is 2.75. The third-order valence-corrected chi connectivity index (χ3v) is 2.75. The molecule has 3 nitrogen and oxygen atoms in total. The molecule has 3 heteroatoms. The van der Waals surface area contributed by atoms with Gasteiger partial charge in [0, 0.05) is 6.04 Å². The predicted molar refractivity (Wildman–Crippen MR) is 52.6 cm³/mol. The number of hydrogen-bond acceptors (Lipinski definition) is 3. The van der Waals surface area contributed by atoms with E-state index >= 15 is 0 Å². The first-order valence-corrected chi connectivity index (χ1v) is 5.07. The van der Waals surface area contributed by atoms with Crippen LogP contribution >= 0.6 is 0 Å². The van der Waals surface area contributed by atoms with Crippen molar-refractivity contribution in [2.45, 2.75) is 51.5 Å². The highest BCUT2D eigenvalue weighted by Crippen LogP contribution is 2.24. The summed E-state index contributed by atoms with van der Waals surface area (Å²) in [4.78, 5) is 0. The van der Waals surface area contributed by atoms with Gasteiger partial charge in [-0.2, -0.15) is 0 Å². The van der Waals surface area contributed by atoms with E-state index in [1.165, 1.54) is 0 Å². The lowest BCUT2D eigenvalue weighted by atomic mass is 9.90. The molecule has 0 aromatic heterocycles. The molecule has 0 aliphatic carbocycles. The Morgan fingerprint density at radius 2 is 2.08 bits per heavy atom. The van der Waals surface area contributed by atoms with Crippen LogP contribution in [0.15, 0.2) is 0 Å². The maximum Gasteiger partial charge on any atom is 0.0957 e. The van der Waals surface area contributed by atoms with Crippen LogP contribution < -0.4 is 5.32 Å². The second-order valence-corrected chi connectivity index (χ2v) is 4.28. The Bertz CT molecular complexity index is 161. The third kappa shape index (κ3) is 2.42. The Morgan fingerprint density at radius 3 is 2.54 bits per heavy atom. The molecule has 1 rings (SSSR count). The normalized spacial score (nSPS) is 41.1. The van der Waals surface area contributed by atoms with E-state index in [0.717, 1.165) is 6.42 Å². The molecule has 1 aliphatic rings. The Balaban J connectivity index is 2.63. The smallest absolute Gasteiger partial charge is 0.0957 e. The zero-order valence-corrected chi connectivity index (χ0v) is 8.95. The van der Waals surface area contributed by atoms with Crippen molar-refractivity contribution in [2.24, 2.45) is 5.92 Å². The Labute approximate surface area is 80.5 Å². The molecule has 2 N–H and O–H groups in total. The average molecular weight is 187 g/mol. The Kier molecular flexibility index (Phi) is 3.71. The molecule has 0 aromatic rings. The van der Waals surface area contributed by atoms with Crippen LogP contribution in [0.2, 0.25) is 0 Å². The molecular formula is C10H21NO2. The van der Waals surface area contributed by atoms with Gasteiger partial charge in [-0.15, -0.1) is 0 Å². The minimum absolute atomic E-state index is 0.0267. The number of aliphatic hydroxyl groups is 1. The minimum atomic E-state index is -0.374. The molecule has 1 fully saturated rings.